The maximum atomic E-state index is 6.44. The van der Waals surface area contributed by atoms with Crippen LogP contribution in [0.3, 0.4) is 0 Å². The van der Waals surface area contributed by atoms with E-state index in [-0.39, 0.29) is 33.7 Å². The zero-order valence-electron chi connectivity index (χ0n) is 83.0. The lowest BCUT2D eigenvalue weighted by Crippen LogP contribution is -2.44. The fourth-order valence-electron chi connectivity index (χ4n) is 26.2. The van der Waals surface area contributed by atoms with Crippen LogP contribution in [0.25, 0.3) is 61.3 Å². The summed E-state index contributed by atoms with van der Waals surface area (Å²) in [5.74, 6) is 0. The highest BCUT2D eigenvalue weighted by Crippen LogP contribution is 2.66. The van der Waals surface area contributed by atoms with Gasteiger partial charge in [-0.25, -0.2) is 9.97 Å². The zero-order chi connectivity index (χ0) is 96.1. The minimum Gasteiger partial charge on any atom is -0.378 e. The number of nitrogens with one attached hydrogen (secondary N) is 1. The number of rotatable bonds is 15. The number of aliphatic imine (C=N–C) groups is 1. The molecule has 26 rings (SSSR count). The molecule has 10 heteroatoms. The van der Waals surface area contributed by atoms with Crippen LogP contribution in [-0.4, -0.2) is 78.9 Å². The van der Waals surface area contributed by atoms with Crippen molar-refractivity contribution in [2.45, 2.75) is 139 Å². The Labute approximate surface area is 834 Å². The number of ether oxygens (including phenoxy) is 2. The second kappa shape index (κ2) is 32.6. The molecule has 0 amide bonds. The lowest BCUT2D eigenvalue weighted by Gasteiger charge is -2.40. The highest BCUT2D eigenvalue weighted by Gasteiger charge is 2.60. The van der Waals surface area contributed by atoms with Crippen molar-refractivity contribution in [2.24, 2.45) is 10.4 Å². The first-order chi connectivity index (χ1) is 69.0. The molecule has 10 nitrogen and oxygen atoms in total. The number of benzene rings is 15. The smallest absolute Gasteiger partial charge is 0.0941 e. The summed E-state index contributed by atoms with van der Waals surface area (Å²) in [6.07, 6.45) is 6.70. The van der Waals surface area contributed by atoms with Gasteiger partial charge in [0.15, 0.2) is 0 Å². The quantitative estimate of drug-likeness (QED) is 0.109. The zero-order valence-corrected chi connectivity index (χ0v) is 83.0. The Morgan fingerprint density at radius 3 is 1.27 bits per heavy atom. The highest BCUT2D eigenvalue weighted by molar-refractivity contribution is 6.15. The summed E-state index contributed by atoms with van der Waals surface area (Å²) in [6.45, 7) is 32.0. The number of nitrogens with zero attached hydrogens (tertiary/aromatic N) is 7. The van der Waals surface area contributed by atoms with Crippen LogP contribution in [0.5, 0.6) is 0 Å². The Hall–Kier alpha value is -14.8. The van der Waals surface area contributed by atoms with Gasteiger partial charge in [0.2, 0.25) is 0 Å². The Balaban J connectivity index is 0.617. The van der Waals surface area contributed by atoms with Crippen molar-refractivity contribution in [1.29, 1.82) is 0 Å². The summed E-state index contributed by atoms with van der Waals surface area (Å²) in [5, 5.41) is 7.08. The number of allylic oxidation sites excluding steroid dienone is 3. The molecule has 0 spiro atoms. The summed E-state index contributed by atoms with van der Waals surface area (Å²) >= 11 is 0. The first kappa shape index (κ1) is 87.4. The molecule has 2 saturated heterocycles. The number of fused-ring (bicyclic) bond motifs is 17. The molecule has 2 aromatic heterocycles. The van der Waals surface area contributed by atoms with Crippen molar-refractivity contribution in [1.82, 2.24) is 19.9 Å². The number of anilines is 4. The van der Waals surface area contributed by atoms with E-state index in [1.807, 2.05) is 0 Å². The van der Waals surface area contributed by atoms with Gasteiger partial charge in [0.1, 0.15) is 0 Å². The Morgan fingerprint density at radius 2 is 0.782 bits per heavy atom. The molecule has 0 radical (unpaired) electrons. The molecule has 142 heavy (non-hydrogen) atoms. The Morgan fingerprint density at radius 1 is 0.359 bits per heavy atom. The molecule has 17 aromatic rings. The molecule has 0 saturated carbocycles. The molecule has 2 fully saturated rings. The van der Waals surface area contributed by atoms with Gasteiger partial charge < -0.3 is 34.1 Å². The van der Waals surface area contributed by atoms with E-state index in [0.717, 1.165) is 140 Å². The Kier molecular flexibility index (Phi) is 20.1. The molecule has 1 N–H and O–H groups in total. The van der Waals surface area contributed by atoms with Crippen molar-refractivity contribution < 1.29 is 9.47 Å². The van der Waals surface area contributed by atoms with E-state index in [2.05, 4.69) is 477 Å². The molecular formula is C132H118N8O2. The first-order valence-electron chi connectivity index (χ1n) is 51.2. The molecule has 4 aliphatic heterocycles. The molecule has 15 aromatic carbocycles. The topological polar surface area (TPSA) is 83.3 Å². The first-order valence-corrected chi connectivity index (χ1v) is 51.2. The summed E-state index contributed by atoms with van der Waals surface area (Å²) in [6, 6.07) is 139. The van der Waals surface area contributed by atoms with Gasteiger partial charge in [-0.2, -0.15) is 0 Å². The molecule has 3 unspecified atom stereocenters. The maximum absolute atomic E-state index is 6.44. The lowest BCUT2D eigenvalue weighted by molar-refractivity contribution is 0.122. The van der Waals surface area contributed by atoms with Gasteiger partial charge in [-0.05, 0) is 225 Å². The van der Waals surface area contributed by atoms with Crippen LogP contribution in [0.4, 0.5) is 22.7 Å². The predicted molar refractivity (Wildman–Crippen MR) is 582 cm³/mol. The van der Waals surface area contributed by atoms with Gasteiger partial charge in [-0.1, -0.05) is 367 Å². The minimum absolute atomic E-state index is 0.00248. The molecule has 5 aliphatic carbocycles. The molecule has 698 valence electrons. The van der Waals surface area contributed by atoms with Gasteiger partial charge in [-0.15, -0.1) is 0 Å². The normalized spacial score (nSPS) is 18.8. The third-order valence-corrected chi connectivity index (χ3v) is 33.1. The number of hydrogen-bond donors (Lipinski definition) is 1. The lowest BCUT2D eigenvalue weighted by atomic mass is 9.67. The summed E-state index contributed by atoms with van der Waals surface area (Å²) in [4.78, 5) is 27.0. The SMILES string of the molecule is CC(C)(C)C1=CCC2C(=C1)c1cc(C(C)(C)Cc3cccc(C4(c5ccccc5)C5=C(N=C6C(N5)c5ccc(N7CCOCC7)cc5C6(c5ccccc5)c5ccccc5)c5ccc(N6CCOCC6)cc54)c3)ccc1N2c1ccc2c(c1)C(c1ccccc1)(c1ccccc1)c1nc3c(nc1-2)C(c1ccccc1)(c1ccccc1)c1cc(-n2c4ccc(C(C)(C)C)cc4c4cc(C(C)(C)C)ccc42)ccc1-3. The summed E-state index contributed by atoms with van der Waals surface area (Å²) < 4.78 is 14.6. The largest absolute Gasteiger partial charge is 0.378 e. The van der Waals surface area contributed by atoms with E-state index in [9.17, 15) is 0 Å². The average molecular weight is 1850 g/mol. The molecule has 3 atom stereocenters. The highest BCUT2D eigenvalue weighted by atomic mass is 16.5. The van der Waals surface area contributed by atoms with E-state index >= 15 is 0 Å². The van der Waals surface area contributed by atoms with Crippen molar-refractivity contribution in [2.75, 3.05) is 67.3 Å². The molecule has 6 heterocycles. The van der Waals surface area contributed by atoms with Crippen molar-refractivity contribution in [3.05, 3.63) is 504 Å². The van der Waals surface area contributed by atoms with Crippen LogP contribution in [0.2, 0.25) is 0 Å². The van der Waals surface area contributed by atoms with E-state index < -0.39 is 21.7 Å². The van der Waals surface area contributed by atoms with Gasteiger partial charge >= 0.3 is 0 Å². The third-order valence-electron chi connectivity index (χ3n) is 33.1. The summed E-state index contributed by atoms with van der Waals surface area (Å²) in [7, 11) is 0. The standard InChI is InChI=1S/C132H118N8O2/c1-125(2,3)92-50-62-113-105(75-92)106-76-93(126(4,5)6)51-63-114(106)139(113)99-56-60-103-111(81-99)130(87-39-23-14-24-40-87,88-41-25-15-26-42-88)122-118(103)133-123-119(134-122)104-61-57-100(82-112(104)131(123,89-43-27-16-28-44-89)90-45-29-17-30-46-90)140-115-64-52-94(127(7,8)9)77-107(115)108-78-95(53-65-116(108)140)128(10,11)83-84-34-33-49-96(74-84)132(91-47-31-18-32-48-91)110-80-98(138-68-72-142-73-69-138)55-59-102(110)120-124(132)136-117-101-58-54-97(137-66-70-141-71-67-137)79-109(101)129(121(117)135-120,85-35-19-12-20-36-85)86-37-21-13-22-38-86/h12-63,65,74-82,115,117,136H,64,66-73,83H2,1-11H3. The number of aromatic nitrogens is 3. The van der Waals surface area contributed by atoms with Crippen LogP contribution in [-0.2, 0) is 53.8 Å². The monoisotopic (exact) mass is 1850 g/mol. The van der Waals surface area contributed by atoms with Crippen LogP contribution in [0.15, 0.2) is 392 Å². The Bertz CT molecular complexity index is 7910. The van der Waals surface area contributed by atoms with Crippen LogP contribution in [0, 0.1) is 5.41 Å². The van der Waals surface area contributed by atoms with Crippen LogP contribution >= 0.6 is 0 Å². The van der Waals surface area contributed by atoms with Crippen molar-refractivity contribution in [3.8, 4) is 28.2 Å². The third kappa shape index (κ3) is 13.1. The van der Waals surface area contributed by atoms with E-state index in [1.165, 1.54) is 117 Å². The van der Waals surface area contributed by atoms with Gasteiger partial charge in [0.05, 0.1) is 111 Å². The minimum atomic E-state index is -0.930. The van der Waals surface area contributed by atoms with E-state index in [1.54, 1.807) is 0 Å². The van der Waals surface area contributed by atoms with Gasteiger partial charge in [0.25, 0.3) is 0 Å². The van der Waals surface area contributed by atoms with Gasteiger partial charge in [0, 0.05) is 87.6 Å². The van der Waals surface area contributed by atoms with Gasteiger partial charge in [-0.3, -0.25) is 4.99 Å². The maximum Gasteiger partial charge on any atom is 0.0941 e. The predicted octanol–water partition coefficient (Wildman–Crippen LogP) is 28.5. The fourth-order valence-corrected chi connectivity index (χ4v) is 26.2. The number of hydrogen-bond acceptors (Lipinski definition) is 9. The van der Waals surface area contributed by atoms with Crippen LogP contribution < -0.4 is 20.0 Å². The molecule has 0 bridgehead atoms. The molecular weight excluding hydrogens is 1730 g/mol. The number of morpholine rings is 2. The van der Waals surface area contributed by atoms with E-state index in [0.29, 0.717) is 26.4 Å². The van der Waals surface area contributed by atoms with Crippen LogP contribution in [0.1, 0.15) is 206 Å². The average Bonchev–Trinajstić information content (AvgIpc) is 1.51. The van der Waals surface area contributed by atoms with E-state index in [4.69, 9.17) is 24.4 Å². The van der Waals surface area contributed by atoms with Crippen molar-refractivity contribution in [3.63, 3.8) is 0 Å². The van der Waals surface area contributed by atoms with Crippen molar-refractivity contribution >= 4 is 61.5 Å². The second-order valence-corrected chi connectivity index (χ2v) is 44.6. The molecule has 9 aliphatic rings. The second-order valence-electron chi connectivity index (χ2n) is 44.6. The fraction of sp³-hybridized carbons (Fsp3) is 0.235. The summed E-state index contributed by atoms with van der Waals surface area (Å²) in [5.41, 5.74) is 38.8.